The Hall–Kier alpha value is -2.59. The molecule has 0 aliphatic carbocycles. The molecule has 1 amide bonds. The third-order valence-electron chi connectivity index (χ3n) is 9.10. The zero-order chi connectivity index (χ0) is 28.7. The third-order valence-corrected chi connectivity index (χ3v) is 10.5. The fraction of sp³-hybridized carbons (Fsp3) is 0.548. The number of piperazine rings is 1. The summed E-state index contributed by atoms with van der Waals surface area (Å²) in [5.74, 6) is 2.17. The predicted molar refractivity (Wildman–Crippen MR) is 166 cm³/mol. The number of amides is 1. The number of aryl methyl sites for hydroxylation is 2. The summed E-state index contributed by atoms with van der Waals surface area (Å²) in [6.45, 7) is 15.2. The van der Waals surface area contributed by atoms with E-state index in [4.69, 9.17) is 16.6 Å². The van der Waals surface area contributed by atoms with E-state index in [-0.39, 0.29) is 11.8 Å². The molecule has 2 atom stereocenters. The summed E-state index contributed by atoms with van der Waals surface area (Å²) in [4.78, 5) is 25.5. The fourth-order valence-electron chi connectivity index (χ4n) is 6.57. The largest absolute Gasteiger partial charge is 0.340 e. The molecular weight excluding hydrogens is 554 g/mol. The number of carbonyl (C=O) groups is 1. The number of thiophene rings is 1. The van der Waals surface area contributed by atoms with Gasteiger partial charge in [-0.05, 0) is 76.7 Å². The number of hydrogen-bond acceptors (Lipinski definition) is 7. The number of rotatable bonds is 6. The highest BCUT2D eigenvalue weighted by Crippen LogP contribution is 2.41. The van der Waals surface area contributed by atoms with Crippen molar-refractivity contribution in [3.05, 3.63) is 62.5 Å². The molecule has 0 saturated carbocycles. The van der Waals surface area contributed by atoms with Crippen LogP contribution in [0.15, 0.2) is 29.3 Å². The van der Waals surface area contributed by atoms with Crippen molar-refractivity contribution < 1.29 is 4.79 Å². The second-order valence-electron chi connectivity index (χ2n) is 11.7. The highest BCUT2D eigenvalue weighted by Gasteiger charge is 2.39. The van der Waals surface area contributed by atoms with Crippen LogP contribution < -0.4 is 5.32 Å². The smallest absolute Gasteiger partial charge is 0.228 e. The molecule has 10 heteroatoms. The average molecular weight is 594 g/mol. The Morgan fingerprint density at radius 1 is 1.07 bits per heavy atom. The van der Waals surface area contributed by atoms with E-state index in [1.165, 1.54) is 23.3 Å². The minimum absolute atomic E-state index is 0.170. The summed E-state index contributed by atoms with van der Waals surface area (Å²) < 4.78 is 2.14. The van der Waals surface area contributed by atoms with Crippen molar-refractivity contribution >= 4 is 34.6 Å². The quantitative estimate of drug-likeness (QED) is 0.437. The van der Waals surface area contributed by atoms with Crippen LogP contribution >= 0.6 is 22.9 Å². The van der Waals surface area contributed by atoms with Gasteiger partial charge in [0.05, 0.1) is 11.6 Å². The lowest BCUT2D eigenvalue weighted by atomic mass is 9.93. The molecule has 3 aliphatic rings. The molecule has 5 heterocycles. The molecule has 218 valence electrons. The van der Waals surface area contributed by atoms with Crippen LogP contribution in [0, 0.1) is 32.6 Å². The van der Waals surface area contributed by atoms with Gasteiger partial charge in [0.2, 0.25) is 5.91 Å². The highest BCUT2D eigenvalue weighted by atomic mass is 35.5. The van der Waals surface area contributed by atoms with Crippen molar-refractivity contribution in [1.29, 1.82) is 0 Å². The summed E-state index contributed by atoms with van der Waals surface area (Å²) in [6, 6.07) is 7.43. The zero-order valence-electron chi connectivity index (χ0n) is 24.5. The highest BCUT2D eigenvalue weighted by molar-refractivity contribution is 7.15. The van der Waals surface area contributed by atoms with Crippen LogP contribution in [0.25, 0.3) is 5.00 Å². The lowest BCUT2D eigenvalue weighted by molar-refractivity contribution is -0.138. The first-order valence-corrected chi connectivity index (χ1v) is 16.1. The number of aromatic nitrogens is 3. The number of aliphatic imine (C=N–C) groups is 1. The molecule has 3 aliphatic heterocycles. The van der Waals surface area contributed by atoms with E-state index >= 15 is 0 Å². The fourth-order valence-corrected chi connectivity index (χ4v) is 7.91. The van der Waals surface area contributed by atoms with E-state index in [9.17, 15) is 4.79 Å². The minimum atomic E-state index is -0.438. The topological polar surface area (TPSA) is 78.7 Å². The standard InChI is InChI=1S/C31H40ClN7OS/c1-5-25(30(40)38-16-14-37(15-17-38)18-22-10-12-33-13-11-22)28-29-36-35-21(4)39(29)31-26(19(2)20(3)41-31)27(34-28)23-6-8-24(32)9-7-23/h6-9,22,25,28,33H,5,10-18H2,1-4H3/t25-,28+/m1/s1. The first-order chi connectivity index (χ1) is 19.9. The maximum absolute atomic E-state index is 14.2. The Labute approximate surface area is 251 Å². The van der Waals surface area contributed by atoms with E-state index in [0.29, 0.717) is 11.4 Å². The van der Waals surface area contributed by atoms with Crippen LogP contribution in [0.2, 0.25) is 5.02 Å². The number of carbonyl (C=O) groups excluding carboxylic acids is 1. The molecule has 0 unspecified atom stereocenters. The van der Waals surface area contributed by atoms with Crippen LogP contribution in [0.4, 0.5) is 0 Å². The molecule has 0 radical (unpaired) electrons. The van der Waals surface area contributed by atoms with Crippen LogP contribution in [0.1, 0.15) is 65.4 Å². The third kappa shape index (κ3) is 5.49. The van der Waals surface area contributed by atoms with Crippen LogP contribution in [0.5, 0.6) is 0 Å². The van der Waals surface area contributed by atoms with E-state index < -0.39 is 6.04 Å². The van der Waals surface area contributed by atoms with E-state index in [2.05, 4.69) is 50.7 Å². The van der Waals surface area contributed by atoms with Crippen molar-refractivity contribution in [3.8, 4) is 5.00 Å². The normalized spacial score (nSPS) is 20.8. The van der Waals surface area contributed by atoms with Gasteiger partial charge < -0.3 is 10.2 Å². The Bertz CT molecular complexity index is 1430. The molecule has 0 spiro atoms. The maximum Gasteiger partial charge on any atom is 0.228 e. The molecule has 8 nitrogen and oxygen atoms in total. The van der Waals surface area contributed by atoms with Gasteiger partial charge in [-0.15, -0.1) is 21.5 Å². The predicted octanol–water partition coefficient (Wildman–Crippen LogP) is 4.97. The number of piperidine rings is 1. The molecular formula is C31H40ClN7OS. The van der Waals surface area contributed by atoms with Gasteiger partial charge in [0.25, 0.3) is 0 Å². The summed E-state index contributed by atoms with van der Waals surface area (Å²) in [5.41, 5.74) is 4.18. The molecule has 2 aromatic heterocycles. The van der Waals surface area contributed by atoms with Crippen molar-refractivity contribution in [2.24, 2.45) is 16.8 Å². The van der Waals surface area contributed by atoms with Gasteiger partial charge in [-0.25, -0.2) is 0 Å². The first kappa shape index (κ1) is 28.5. The summed E-state index contributed by atoms with van der Waals surface area (Å²) in [5, 5.41) is 14.4. The second kappa shape index (κ2) is 12.0. The van der Waals surface area contributed by atoms with Crippen molar-refractivity contribution in [2.45, 2.75) is 53.0 Å². The summed E-state index contributed by atoms with van der Waals surface area (Å²) >= 11 is 8.01. The molecule has 3 aromatic rings. The van der Waals surface area contributed by atoms with Crippen LogP contribution in [-0.4, -0.2) is 82.0 Å². The Balaban J connectivity index is 1.33. The first-order valence-electron chi connectivity index (χ1n) is 14.9. The Morgan fingerprint density at radius 3 is 2.46 bits per heavy atom. The number of nitrogens with one attached hydrogen (secondary N) is 1. The van der Waals surface area contributed by atoms with Gasteiger partial charge in [-0.2, -0.15) is 0 Å². The minimum Gasteiger partial charge on any atom is -0.340 e. The van der Waals surface area contributed by atoms with E-state index in [1.807, 2.05) is 31.2 Å². The molecule has 1 N–H and O–H groups in total. The molecule has 2 fully saturated rings. The molecule has 41 heavy (non-hydrogen) atoms. The van der Waals surface area contributed by atoms with Crippen LogP contribution in [0.3, 0.4) is 0 Å². The summed E-state index contributed by atoms with van der Waals surface area (Å²) in [6.07, 6.45) is 3.17. The van der Waals surface area contributed by atoms with Gasteiger partial charge >= 0.3 is 0 Å². The van der Waals surface area contributed by atoms with Gasteiger partial charge in [-0.3, -0.25) is 19.3 Å². The van der Waals surface area contributed by atoms with Gasteiger partial charge in [0.1, 0.15) is 16.9 Å². The number of fused-ring (bicyclic) bond motifs is 3. The van der Waals surface area contributed by atoms with Gasteiger partial charge in [0.15, 0.2) is 5.82 Å². The second-order valence-corrected chi connectivity index (χ2v) is 13.3. The lowest BCUT2D eigenvalue weighted by Gasteiger charge is -2.39. The zero-order valence-corrected chi connectivity index (χ0v) is 26.1. The number of nitrogens with zero attached hydrogens (tertiary/aromatic N) is 6. The van der Waals surface area contributed by atoms with Gasteiger partial charge in [-0.1, -0.05) is 30.7 Å². The number of hydrogen-bond donors (Lipinski definition) is 1. The molecule has 2 saturated heterocycles. The SMILES string of the molecule is CC[C@@H](C(=O)N1CCN(CC2CCNCC2)CC1)[C@@H]1N=C(c2ccc(Cl)cc2)c2c(sc(C)c2C)-n2c(C)nnc21. The molecule has 0 bridgehead atoms. The Morgan fingerprint density at radius 2 is 1.78 bits per heavy atom. The van der Waals surface area contributed by atoms with Crippen molar-refractivity contribution in [1.82, 2.24) is 29.9 Å². The van der Waals surface area contributed by atoms with Gasteiger partial charge in [0, 0.05) is 53.8 Å². The summed E-state index contributed by atoms with van der Waals surface area (Å²) in [7, 11) is 0. The molecule has 1 aromatic carbocycles. The number of halogens is 1. The van der Waals surface area contributed by atoms with Crippen molar-refractivity contribution in [2.75, 3.05) is 45.8 Å². The molecule has 6 rings (SSSR count). The maximum atomic E-state index is 14.2. The van der Waals surface area contributed by atoms with E-state index in [0.717, 1.165) is 85.2 Å². The average Bonchev–Trinajstić information content (AvgIpc) is 3.45. The lowest BCUT2D eigenvalue weighted by Crippen LogP contribution is -2.52. The number of benzene rings is 1. The van der Waals surface area contributed by atoms with Crippen LogP contribution in [-0.2, 0) is 4.79 Å². The van der Waals surface area contributed by atoms with E-state index in [1.54, 1.807) is 11.3 Å². The van der Waals surface area contributed by atoms with Crippen molar-refractivity contribution in [3.63, 3.8) is 0 Å². The Kier molecular flexibility index (Phi) is 8.32. The monoisotopic (exact) mass is 593 g/mol.